The van der Waals surface area contributed by atoms with Crippen LogP contribution in [0.25, 0.3) is 0 Å². The van der Waals surface area contributed by atoms with Crippen LogP contribution in [0.2, 0.25) is 5.02 Å². The van der Waals surface area contributed by atoms with E-state index in [1.54, 1.807) is 16.7 Å². The summed E-state index contributed by atoms with van der Waals surface area (Å²) in [5, 5.41) is 3.96. The Morgan fingerprint density at radius 3 is 2.11 bits per heavy atom. The van der Waals surface area contributed by atoms with Crippen molar-refractivity contribution < 1.29 is 9.59 Å². The predicted octanol–water partition coefficient (Wildman–Crippen LogP) is 6.27. The summed E-state index contributed by atoms with van der Waals surface area (Å²) in [5.74, 6) is 0.926. The molecule has 1 N–H and O–H groups in total. The van der Waals surface area contributed by atoms with E-state index in [9.17, 15) is 9.59 Å². The van der Waals surface area contributed by atoms with E-state index in [-0.39, 0.29) is 17.9 Å². The number of benzene rings is 3. The van der Waals surface area contributed by atoms with Crippen molar-refractivity contribution in [3.05, 3.63) is 107 Å². The zero-order valence-electron chi connectivity index (χ0n) is 20.4. The average Bonchev–Trinajstić information content (AvgIpc) is 3.41. The number of carbonyl (C=O) groups is 2. The molecule has 1 fully saturated rings. The van der Waals surface area contributed by atoms with Crippen LogP contribution >= 0.6 is 23.4 Å². The topological polar surface area (TPSA) is 49.4 Å². The fourth-order valence-corrected chi connectivity index (χ4v) is 5.62. The molecule has 4 rings (SSSR count). The smallest absolute Gasteiger partial charge is 0.243 e. The summed E-state index contributed by atoms with van der Waals surface area (Å²) < 4.78 is 0. The van der Waals surface area contributed by atoms with Gasteiger partial charge >= 0.3 is 0 Å². The Labute approximate surface area is 223 Å². The lowest BCUT2D eigenvalue weighted by atomic mass is 10.0. The molecule has 0 bridgehead atoms. The quantitative estimate of drug-likeness (QED) is 0.324. The number of thioether (sulfide) groups is 1. The first kappa shape index (κ1) is 26.3. The maximum Gasteiger partial charge on any atom is 0.243 e. The maximum absolute atomic E-state index is 13.7. The van der Waals surface area contributed by atoms with Crippen molar-refractivity contribution >= 4 is 35.2 Å². The van der Waals surface area contributed by atoms with Gasteiger partial charge < -0.3 is 10.2 Å². The summed E-state index contributed by atoms with van der Waals surface area (Å²) in [4.78, 5) is 29.1. The predicted molar refractivity (Wildman–Crippen MR) is 149 cm³/mol. The molecule has 1 aliphatic rings. The fraction of sp³-hybridized carbons (Fsp3) is 0.333. The molecule has 36 heavy (non-hydrogen) atoms. The number of hydrogen-bond acceptors (Lipinski definition) is 3. The lowest BCUT2D eigenvalue weighted by Crippen LogP contribution is -2.52. The van der Waals surface area contributed by atoms with Crippen LogP contribution in [0, 0.1) is 0 Å². The summed E-state index contributed by atoms with van der Waals surface area (Å²) in [6.07, 6.45) is 4.78. The van der Waals surface area contributed by atoms with Crippen molar-refractivity contribution in [3.63, 3.8) is 0 Å². The second-order valence-electron chi connectivity index (χ2n) is 9.32. The van der Waals surface area contributed by atoms with Gasteiger partial charge in [-0.15, -0.1) is 11.8 Å². The Balaban J connectivity index is 1.53. The van der Waals surface area contributed by atoms with Crippen LogP contribution in [-0.2, 0) is 28.3 Å². The maximum atomic E-state index is 13.7. The summed E-state index contributed by atoms with van der Waals surface area (Å²) in [5.41, 5.74) is 3.18. The molecule has 6 heteroatoms. The number of carbonyl (C=O) groups excluding carboxylic acids is 2. The van der Waals surface area contributed by atoms with E-state index in [1.165, 1.54) is 0 Å². The van der Waals surface area contributed by atoms with Gasteiger partial charge in [-0.1, -0.05) is 97.2 Å². The van der Waals surface area contributed by atoms with Gasteiger partial charge in [0, 0.05) is 29.8 Å². The van der Waals surface area contributed by atoms with Crippen molar-refractivity contribution in [2.75, 3.05) is 5.75 Å². The number of hydrogen-bond donors (Lipinski definition) is 1. The minimum Gasteiger partial charge on any atom is -0.352 e. The van der Waals surface area contributed by atoms with E-state index in [0.29, 0.717) is 29.5 Å². The molecule has 1 saturated carbocycles. The highest BCUT2D eigenvalue weighted by atomic mass is 35.5. The molecular formula is C30H33ClN2O2S. The van der Waals surface area contributed by atoms with E-state index >= 15 is 0 Å². The number of rotatable bonds is 11. The zero-order valence-corrected chi connectivity index (χ0v) is 22.0. The molecule has 1 atom stereocenters. The average molecular weight is 521 g/mol. The molecule has 0 aliphatic heterocycles. The van der Waals surface area contributed by atoms with Gasteiger partial charge in [-0.25, -0.2) is 0 Å². The summed E-state index contributed by atoms with van der Waals surface area (Å²) in [6, 6.07) is 27.2. The molecule has 3 aromatic rings. The van der Waals surface area contributed by atoms with Crippen LogP contribution < -0.4 is 5.32 Å². The van der Waals surface area contributed by atoms with E-state index in [0.717, 1.165) is 42.4 Å². The Bertz CT molecular complexity index is 1100. The SMILES string of the molecule is O=C(NC1CCCC1)C(Cc1ccccc1)N(Cc1ccccc1)C(=O)CSCc1ccc(Cl)cc1. The second-order valence-corrected chi connectivity index (χ2v) is 10.7. The molecule has 4 nitrogen and oxygen atoms in total. The summed E-state index contributed by atoms with van der Waals surface area (Å²) in [7, 11) is 0. The monoisotopic (exact) mass is 520 g/mol. The molecular weight excluding hydrogens is 488 g/mol. The molecule has 0 aromatic heterocycles. The van der Waals surface area contributed by atoms with Gasteiger partial charge in [0.05, 0.1) is 5.75 Å². The standard InChI is InChI=1S/C30H33ClN2O2S/c31-26-17-15-25(16-18-26)21-36-22-29(34)33(20-24-11-5-2-6-12-24)28(19-23-9-3-1-4-10-23)30(35)32-27-13-7-8-14-27/h1-6,9-12,15-18,27-28H,7-8,13-14,19-22H2,(H,32,35). The van der Waals surface area contributed by atoms with Gasteiger partial charge in [0.15, 0.2) is 0 Å². The molecule has 188 valence electrons. The largest absolute Gasteiger partial charge is 0.352 e. The highest BCUT2D eigenvalue weighted by molar-refractivity contribution is 7.99. The third-order valence-corrected chi connectivity index (χ3v) is 7.82. The Kier molecular flexibility index (Phi) is 9.88. The number of halogens is 1. The first-order chi connectivity index (χ1) is 17.6. The minimum atomic E-state index is -0.572. The summed E-state index contributed by atoms with van der Waals surface area (Å²) in [6.45, 7) is 0.400. The Morgan fingerprint density at radius 1 is 0.861 bits per heavy atom. The van der Waals surface area contributed by atoms with Gasteiger partial charge in [0.2, 0.25) is 11.8 Å². The second kappa shape index (κ2) is 13.5. The van der Waals surface area contributed by atoms with Crippen LogP contribution in [0.3, 0.4) is 0 Å². The first-order valence-corrected chi connectivity index (χ1v) is 14.1. The van der Waals surface area contributed by atoms with Gasteiger partial charge in [0.25, 0.3) is 0 Å². The van der Waals surface area contributed by atoms with Crippen molar-refractivity contribution in [2.24, 2.45) is 0 Å². The van der Waals surface area contributed by atoms with E-state index < -0.39 is 6.04 Å². The van der Waals surface area contributed by atoms with Crippen LogP contribution in [0.15, 0.2) is 84.9 Å². The lowest BCUT2D eigenvalue weighted by molar-refractivity contribution is -0.139. The van der Waals surface area contributed by atoms with Crippen LogP contribution in [0.4, 0.5) is 0 Å². The number of nitrogens with one attached hydrogen (secondary N) is 1. The van der Waals surface area contributed by atoms with Crippen molar-refractivity contribution in [1.82, 2.24) is 10.2 Å². The van der Waals surface area contributed by atoms with Gasteiger partial charge in [-0.3, -0.25) is 9.59 Å². The molecule has 0 saturated heterocycles. The molecule has 3 aromatic carbocycles. The molecule has 0 spiro atoms. The van der Waals surface area contributed by atoms with E-state index in [2.05, 4.69) is 5.32 Å². The van der Waals surface area contributed by atoms with Crippen molar-refractivity contribution in [1.29, 1.82) is 0 Å². The first-order valence-electron chi connectivity index (χ1n) is 12.6. The molecule has 0 heterocycles. The highest BCUT2D eigenvalue weighted by Crippen LogP contribution is 2.21. The minimum absolute atomic E-state index is 0.0275. The van der Waals surface area contributed by atoms with Gasteiger partial charge in [-0.05, 0) is 41.7 Å². The van der Waals surface area contributed by atoms with Crippen LogP contribution in [0.1, 0.15) is 42.4 Å². The summed E-state index contributed by atoms with van der Waals surface area (Å²) >= 11 is 7.56. The molecule has 1 unspecified atom stereocenters. The normalized spacial score (nSPS) is 14.4. The van der Waals surface area contributed by atoms with Crippen LogP contribution in [0.5, 0.6) is 0 Å². The third-order valence-electron chi connectivity index (χ3n) is 6.58. The number of amides is 2. The lowest BCUT2D eigenvalue weighted by Gasteiger charge is -2.32. The van der Waals surface area contributed by atoms with Gasteiger partial charge in [0.1, 0.15) is 6.04 Å². The van der Waals surface area contributed by atoms with E-state index in [4.69, 9.17) is 11.6 Å². The third kappa shape index (κ3) is 7.87. The highest BCUT2D eigenvalue weighted by Gasteiger charge is 2.32. The van der Waals surface area contributed by atoms with Crippen molar-refractivity contribution in [3.8, 4) is 0 Å². The molecule has 2 amide bonds. The fourth-order valence-electron chi connectivity index (χ4n) is 4.62. The number of nitrogens with zero attached hydrogens (tertiary/aromatic N) is 1. The van der Waals surface area contributed by atoms with Crippen LogP contribution in [-0.4, -0.2) is 34.6 Å². The zero-order chi connectivity index (χ0) is 25.2. The molecule has 0 radical (unpaired) electrons. The Hall–Kier alpha value is -2.76. The van der Waals surface area contributed by atoms with Gasteiger partial charge in [-0.2, -0.15) is 0 Å². The Morgan fingerprint density at radius 2 is 1.47 bits per heavy atom. The van der Waals surface area contributed by atoms with Crippen molar-refractivity contribution in [2.45, 2.75) is 56.5 Å². The van der Waals surface area contributed by atoms with E-state index in [1.807, 2.05) is 84.9 Å². The molecule has 1 aliphatic carbocycles.